The molecular weight excluding hydrogens is 202 g/mol. The molecule has 1 aliphatic rings. The molecule has 3 nitrogen and oxygen atoms in total. The van der Waals surface area contributed by atoms with E-state index in [2.05, 4.69) is 17.0 Å². The van der Waals surface area contributed by atoms with Crippen LogP contribution in [0, 0.1) is 5.92 Å². The molecule has 0 aromatic heterocycles. The number of carbonyl (C=O) groups excluding carboxylic acids is 1. The zero-order valence-corrected chi connectivity index (χ0v) is 9.56. The molecule has 0 amide bonds. The monoisotopic (exact) mass is 219 g/mol. The van der Waals surface area contributed by atoms with Crippen molar-refractivity contribution in [3.63, 3.8) is 0 Å². The minimum absolute atomic E-state index is 0.0636. The molecule has 0 radical (unpaired) electrons. The molecule has 2 rings (SSSR count). The van der Waals surface area contributed by atoms with Gasteiger partial charge in [0, 0.05) is 13.1 Å². The van der Waals surface area contributed by atoms with Crippen molar-refractivity contribution in [3.8, 4) is 0 Å². The van der Waals surface area contributed by atoms with Gasteiger partial charge in [-0.15, -0.1) is 0 Å². The van der Waals surface area contributed by atoms with E-state index in [-0.39, 0.29) is 11.9 Å². The first-order chi connectivity index (χ1) is 7.79. The molecule has 1 atom stereocenters. The molecule has 0 saturated carbocycles. The van der Waals surface area contributed by atoms with Crippen LogP contribution < -0.4 is 0 Å². The Morgan fingerprint density at radius 2 is 2.19 bits per heavy atom. The van der Waals surface area contributed by atoms with Crippen molar-refractivity contribution in [1.29, 1.82) is 0 Å². The molecule has 1 unspecified atom stereocenters. The third-order valence-electron chi connectivity index (χ3n) is 3.06. The van der Waals surface area contributed by atoms with E-state index in [1.165, 1.54) is 12.7 Å². The average Bonchev–Trinajstić information content (AvgIpc) is 2.78. The van der Waals surface area contributed by atoms with Crippen molar-refractivity contribution in [3.05, 3.63) is 35.9 Å². The first-order valence-corrected chi connectivity index (χ1v) is 5.63. The normalized spacial score (nSPS) is 20.9. The van der Waals surface area contributed by atoms with E-state index < -0.39 is 0 Å². The van der Waals surface area contributed by atoms with E-state index >= 15 is 0 Å². The summed E-state index contributed by atoms with van der Waals surface area (Å²) in [5.41, 5.74) is 1.30. The highest BCUT2D eigenvalue weighted by Crippen LogP contribution is 2.19. The van der Waals surface area contributed by atoms with E-state index in [4.69, 9.17) is 4.74 Å². The molecular formula is C13H17NO2. The van der Waals surface area contributed by atoms with Gasteiger partial charge in [-0.25, -0.2) is 0 Å². The summed E-state index contributed by atoms with van der Waals surface area (Å²) in [5.74, 6) is -0.00993. The minimum Gasteiger partial charge on any atom is -0.469 e. The van der Waals surface area contributed by atoms with Gasteiger partial charge in [0.2, 0.25) is 0 Å². The molecule has 86 valence electrons. The lowest BCUT2D eigenvalue weighted by Crippen LogP contribution is -2.23. The second-order valence-corrected chi connectivity index (χ2v) is 4.23. The predicted octanol–water partition coefficient (Wildman–Crippen LogP) is 1.68. The van der Waals surface area contributed by atoms with Gasteiger partial charge in [-0.1, -0.05) is 30.3 Å². The van der Waals surface area contributed by atoms with Gasteiger partial charge < -0.3 is 4.74 Å². The number of hydrogen-bond acceptors (Lipinski definition) is 3. The summed E-state index contributed by atoms with van der Waals surface area (Å²) in [6.45, 7) is 2.73. The number of hydrogen-bond donors (Lipinski definition) is 0. The topological polar surface area (TPSA) is 29.5 Å². The molecule has 0 bridgehead atoms. The van der Waals surface area contributed by atoms with Crippen LogP contribution in [0.25, 0.3) is 0 Å². The maximum absolute atomic E-state index is 11.4. The standard InChI is InChI=1S/C13H17NO2/c1-16-13(15)12-7-8-14(10-12)9-11-5-3-2-4-6-11/h2-6,12H,7-10H2,1H3. The summed E-state index contributed by atoms with van der Waals surface area (Å²) < 4.78 is 4.77. The molecule has 1 fully saturated rings. The zero-order chi connectivity index (χ0) is 11.4. The largest absolute Gasteiger partial charge is 0.469 e. The molecule has 0 spiro atoms. The van der Waals surface area contributed by atoms with Gasteiger partial charge in [0.05, 0.1) is 13.0 Å². The molecule has 1 aromatic rings. The van der Waals surface area contributed by atoms with Crippen molar-refractivity contribution in [2.45, 2.75) is 13.0 Å². The summed E-state index contributed by atoms with van der Waals surface area (Å²) >= 11 is 0. The molecule has 1 aliphatic heterocycles. The number of carbonyl (C=O) groups is 1. The molecule has 1 aromatic carbocycles. The summed E-state index contributed by atoms with van der Waals surface area (Å²) in [4.78, 5) is 13.7. The Hall–Kier alpha value is -1.35. The number of nitrogens with zero attached hydrogens (tertiary/aromatic N) is 1. The predicted molar refractivity (Wildman–Crippen MR) is 61.8 cm³/mol. The average molecular weight is 219 g/mol. The summed E-state index contributed by atoms with van der Waals surface area (Å²) in [5, 5.41) is 0. The number of ether oxygens (including phenoxy) is 1. The van der Waals surface area contributed by atoms with Gasteiger partial charge in [0.15, 0.2) is 0 Å². The van der Waals surface area contributed by atoms with Crippen LogP contribution in [0.15, 0.2) is 30.3 Å². The smallest absolute Gasteiger partial charge is 0.310 e. The van der Waals surface area contributed by atoms with Crippen molar-refractivity contribution in [2.75, 3.05) is 20.2 Å². The minimum atomic E-state index is -0.0736. The quantitative estimate of drug-likeness (QED) is 0.724. The highest BCUT2D eigenvalue weighted by Gasteiger charge is 2.28. The van der Waals surface area contributed by atoms with E-state index in [9.17, 15) is 4.79 Å². The second-order valence-electron chi connectivity index (χ2n) is 4.23. The third-order valence-corrected chi connectivity index (χ3v) is 3.06. The highest BCUT2D eigenvalue weighted by molar-refractivity contribution is 5.72. The molecule has 1 heterocycles. The van der Waals surface area contributed by atoms with Crippen LogP contribution in [-0.4, -0.2) is 31.1 Å². The fraction of sp³-hybridized carbons (Fsp3) is 0.462. The molecule has 3 heteroatoms. The maximum atomic E-state index is 11.4. The zero-order valence-electron chi connectivity index (χ0n) is 9.56. The van der Waals surface area contributed by atoms with E-state index in [1.54, 1.807) is 0 Å². The van der Waals surface area contributed by atoms with E-state index in [0.717, 1.165) is 26.1 Å². The first-order valence-electron chi connectivity index (χ1n) is 5.63. The fourth-order valence-corrected chi connectivity index (χ4v) is 2.18. The second kappa shape index (κ2) is 5.12. The van der Waals surface area contributed by atoms with Gasteiger partial charge in [-0.2, -0.15) is 0 Å². The van der Waals surface area contributed by atoms with Crippen LogP contribution >= 0.6 is 0 Å². The molecule has 0 N–H and O–H groups in total. The van der Waals surface area contributed by atoms with Crippen LogP contribution in [0.5, 0.6) is 0 Å². The molecule has 1 saturated heterocycles. The number of benzene rings is 1. The van der Waals surface area contributed by atoms with Gasteiger partial charge in [-0.05, 0) is 18.5 Å². The highest BCUT2D eigenvalue weighted by atomic mass is 16.5. The SMILES string of the molecule is COC(=O)C1CCN(Cc2ccccc2)C1. The van der Waals surface area contributed by atoms with Crippen molar-refractivity contribution < 1.29 is 9.53 Å². The number of methoxy groups -OCH3 is 1. The van der Waals surface area contributed by atoms with Crippen LogP contribution in [0.3, 0.4) is 0 Å². The van der Waals surface area contributed by atoms with Gasteiger partial charge in [0.1, 0.15) is 0 Å². The number of rotatable bonds is 3. The van der Waals surface area contributed by atoms with Gasteiger partial charge >= 0.3 is 5.97 Å². The molecule has 16 heavy (non-hydrogen) atoms. The lowest BCUT2D eigenvalue weighted by molar-refractivity contribution is -0.144. The Labute approximate surface area is 96.0 Å². The Morgan fingerprint density at radius 1 is 1.44 bits per heavy atom. The van der Waals surface area contributed by atoms with Crippen LogP contribution in [0.2, 0.25) is 0 Å². The van der Waals surface area contributed by atoms with E-state index in [1.807, 2.05) is 18.2 Å². The fourth-order valence-electron chi connectivity index (χ4n) is 2.18. The van der Waals surface area contributed by atoms with Gasteiger partial charge in [0.25, 0.3) is 0 Å². The van der Waals surface area contributed by atoms with Crippen LogP contribution in [-0.2, 0) is 16.1 Å². The Kier molecular flexibility index (Phi) is 3.57. The van der Waals surface area contributed by atoms with Crippen molar-refractivity contribution in [2.24, 2.45) is 5.92 Å². The number of esters is 1. The lowest BCUT2D eigenvalue weighted by atomic mass is 10.1. The Balaban J connectivity index is 1.88. The van der Waals surface area contributed by atoms with Crippen molar-refractivity contribution >= 4 is 5.97 Å². The van der Waals surface area contributed by atoms with Crippen LogP contribution in [0.1, 0.15) is 12.0 Å². The third kappa shape index (κ3) is 2.61. The Bertz CT molecular complexity index is 350. The summed E-state index contributed by atoms with van der Waals surface area (Å²) in [6.07, 6.45) is 0.916. The van der Waals surface area contributed by atoms with Crippen LogP contribution in [0.4, 0.5) is 0 Å². The van der Waals surface area contributed by atoms with Crippen molar-refractivity contribution in [1.82, 2.24) is 4.90 Å². The van der Waals surface area contributed by atoms with E-state index in [0.29, 0.717) is 0 Å². The maximum Gasteiger partial charge on any atom is 0.310 e. The summed E-state index contributed by atoms with van der Waals surface area (Å²) in [7, 11) is 1.46. The number of likely N-dealkylation sites (tertiary alicyclic amines) is 1. The first kappa shape index (κ1) is 11.1. The summed E-state index contributed by atoms with van der Waals surface area (Å²) in [6, 6.07) is 10.3. The molecule has 0 aliphatic carbocycles. The Morgan fingerprint density at radius 3 is 2.88 bits per heavy atom. The lowest BCUT2D eigenvalue weighted by Gasteiger charge is -2.15. The van der Waals surface area contributed by atoms with Gasteiger partial charge in [-0.3, -0.25) is 9.69 Å².